The van der Waals surface area contributed by atoms with E-state index in [0.29, 0.717) is 11.1 Å². The van der Waals surface area contributed by atoms with Crippen LogP contribution in [0.25, 0.3) is 12.2 Å². The van der Waals surface area contributed by atoms with Crippen molar-refractivity contribution in [2.75, 3.05) is 50.4 Å². The van der Waals surface area contributed by atoms with E-state index in [1.807, 2.05) is 13.8 Å². The lowest BCUT2D eigenvalue weighted by atomic mass is 9.97. The maximum absolute atomic E-state index is 14.7. The highest BCUT2D eigenvalue weighted by atomic mass is 32.2. The Bertz CT molecular complexity index is 3330. The number of thioether (sulfide) groups is 2. The van der Waals surface area contributed by atoms with Gasteiger partial charge in [-0.25, -0.2) is 29.5 Å². The fourth-order valence-corrected chi connectivity index (χ4v) is 12.4. The summed E-state index contributed by atoms with van der Waals surface area (Å²) in [6.07, 6.45) is 6.88. The van der Waals surface area contributed by atoms with Crippen LogP contribution < -0.4 is 27.0 Å². The minimum atomic E-state index is -1.57. The molecule has 3 aliphatic heterocycles. The monoisotopic (exact) mass is 1240 g/mol. The van der Waals surface area contributed by atoms with Gasteiger partial charge in [0.1, 0.15) is 59.8 Å². The van der Waals surface area contributed by atoms with Crippen molar-refractivity contribution in [2.24, 2.45) is 21.1 Å². The molecule has 4 atom stereocenters. The maximum Gasteiger partial charge on any atom is 0.358 e. The highest BCUT2D eigenvalue weighted by molar-refractivity contribution is 8.00. The molecule has 1 fully saturated rings. The number of nitrogen functional groups attached to an aromatic ring is 1. The molecule has 0 saturated carbocycles. The van der Waals surface area contributed by atoms with E-state index in [4.69, 9.17) is 34.4 Å². The Morgan fingerprint density at radius 3 is 1.84 bits per heavy atom. The average Bonchev–Trinajstić information content (AvgIpc) is 4.47. The highest BCUT2D eigenvalue weighted by Gasteiger charge is 2.55. The molecule has 7 heterocycles. The van der Waals surface area contributed by atoms with E-state index >= 15 is 0 Å². The molecule has 0 bridgehead atoms. The number of amides is 4. The lowest BCUT2D eigenvalue weighted by Crippen LogP contribution is -2.71. The molecule has 0 spiro atoms. The summed E-state index contributed by atoms with van der Waals surface area (Å²) in [6, 6.07) is -2.76. The molecule has 82 heavy (non-hydrogen) atoms. The number of nitrogens with one attached hydrogen (secondary N) is 4. The van der Waals surface area contributed by atoms with Crippen LogP contribution in [0.3, 0.4) is 0 Å². The number of β-lactam (4-membered cyclic amide) rings is 1. The van der Waals surface area contributed by atoms with Crippen molar-refractivity contribution in [2.45, 2.75) is 78.2 Å². The number of rotatable bonds is 21. The SMILES string of the molecule is CO/N=C(\C(=O)NC(C(=O)Nc1nc(/C(=N/OC)C(=O)NC2C(=O)N3C(C(=O)OCOC(=O)C(C)(C)C)=C(/C=C\c4scnc4C)CSC23)cs1)C1NC(C(=O)OCOC(=O)C(C)(C)C)=C(/C=C\c2scnc2C)CS1)c1csc(N)n1. The molecule has 0 aliphatic carbocycles. The first-order valence-corrected chi connectivity index (χ1v) is 30.0. The summed E-state index contributed by atoms with van der Waals surface area (Å²) in [5.74, 6) is -6.23. The second-order valence-electron chi connectivity index (χ2n) is 19.5. The van der Waals surface area contributed by atoms with E-state index in [-0.39, 0.29) is 50.3 Å². The van der Waals surface area contributed by atoms with Crippen LogP contribution in [0, 0.1) is 24.7 Å². The third-order valence-electron chi connectivity index (χ3n) is 11.5. The minimum absolute atomic E-state index is 0.0336. The van der Waals surface area contributed by atoms with Crippen molar-refractivity contribution in [3.05, 3.63) is 89.0 Å². The number of allylic oxidation sites excluding steroid dienone is 2. The lowest BCUT2D eigenvalue weighted by molar-refractivity contribution is -0.174. The van der Waals surface area contributed by atoms with Crippen LogP contribution in [0.2, 0.25) is 0 Å². The fourth-order valence-electron chi connectivity index (χ4n) is 7.24. The lowest BCUT2D eigenvalue weighted by Gasteiger charge is -2.49. The Morgan fingerprint density at radius 2 is 1.29 bits per heavy atom. The molecule has 436 valence electrons. The van der Waals surface area contributed by atoms with Crippen LogP contribution in [0.15, 0.2) is 66.8 Å². The summed E-state index contributed by atoms with van der Waals surface area (Å²) in [7, 11) is 2.39. The number of nitrogens with two attached hydrogens (primary N) is 1. The fraction of sp³-hybridized carbons (Fsp3) is 0.400. The largest absolute Gasteiger partial charge is 0.427 e. The van der Waals surface area contributed by atoms with Gasteiger partial charge in [0, 0.05) is 32.0 Å². The number of esters is 4. The van der Waals surface area contributed by atoms with Crippen LogP contribution in [-0.4, -0.2) is 146 Å². The number of hydrogen-bond donors (Lipinski definition) is 5. The van der Waals surface area contributed by atoms with Crippen LogP contribution in [0.1, 0.15) is 74.1 Å². The summed E-state index contributed by atoms with van der Waals surface area (Å²) in [5.41, 5.74) is 8.75. The first-order chi connectivity index (χ1) is 38.9. The Labute approximate surface area is 493 Å². The van der Waals surface area contributed by atoms with E-state index in [0.717, 1.165) is 55.6 Å². The van der Waals surface area contributed by atoms with Gasteiger partial charge in [-0.15, -0.1) is 68.9 Å². The number of aryl methyl sites for hydroxylation is 2. The van der Waals surface area contributed by atoms with Gasteiger partial charge in [-0.3, -0.25) is 33.7 Å². The van der Waals surface area contributed by atoms with Crippen molar-refractivity contribution in [1.29, 1.82) is 0 Å². The molecule has 3 aliphatic rings. The molecule has 7 rings (SSSR count). The number of carbonyl (C=O) groups excluding carboxylic acids is 8. The molecular formula is C50H56N12O14S6. The van der Waals surface area contributed by atoms with E-state index in [1.54, 1.807) is 76.9 Å². The minimum Gasteiger partial charge on any atom is -0.427 e. The summed E-state index contributed by atoms with van der Waals surface area (Å²) in [5, 5.41) is 19.7. The van der Waals surface area contributed by atoms with Gasteiger partial charge in [-0.1, -0.05) is 22.5 Å². The third-order valence-corrected chi connectivity index (χ3v) is 17.3. The third kappa shape index (κ3) is 15.1. The maximum atomic E-state index is 14.7. The number of hydrogen-bond acceptors (Lipinski definition) is 28. The zero-order valence-electron chi connectivity index (χ0n) is 45.6. The number of anilines is 2. The van der Waals surface area contributed by atoms with Crippen LogP contribution >= 0.6 is 68.9 Å². The topological polar surface area (TPSA) is 346 Å². The standard InChI is InChI=1S/C50H56N12O14S6/c1-23-29(81-19-52-23)13-11-25-15-77-40(58-31(25)43(67)73-21-75-45(69)49(3,4)5)34(56-37(63)32(60-71-9)27-17-79-47(51)54-27)39(65)59-48-55-28(18-80-48)33(61-72-10)38(64)57-35-41(66)62-36(44(68)74-22-76-46(70)50(6,7)8)26(16-78-42(35)62)12-14-30-24(2)53-20-82-30/h11-14,17-20,34-35,40,42,58H,15-16,21-22H2,1-10H3,(H2,51,54)(H,56,63)(H,57,64)(H,55,59,65)/b13-11-,14-12-,60-32-,61-33-. The number of aromatic nitrogens is 4. The smallest absolute Gasteiger partial charge is 0.358 e. The number of ether oxygens (including phenoxy) is 4. The van der Waals surface area contributed by atoms with E-state index < -0.39 is 100 Å². The quantitative estimate of drug-likeness (QED) is 0.0248. The van der Waals surface area contributed by atoms with Crippen molar-refractivity contribution in [3.63, 3.8) is 0 Å². The van der Waals surface area contributed by atoms with Crippen LogP contribution in [-0.2, 0) is 67.0 Å². The molecule has 32 heteroatoms. The normalized spacial score (nSPS) is 18.0. The van der Waals surface area contributed by atoms with Crippen molar-refractivity contribution < 1.29 is 67.0 Å². The Hall–Kier alpha value is -7.52. The van der Waals surface area contributed by atoms with Gasteiger partial charge in [-0.05, 0) is 78.7 Å². The predicted octanol–water partition coefficient (Wildman–Crippen LogP) is 4.71. The van der Waals surface area contributed by atoms with E-state index in [1.165, 1.54) is 64.3 Å². The predicted molar refractivity (Wildman–Crippen MR) is 310 cm³/mol. The summed E-state index contributed by atoms with van der Waals surface area (Å²) in [4.78, 5) is 140. The van der Waals surface area contributed by atoms with Crippen LogP contribution in [0.4, 0.5) is 10.3 Å². The molecule has 26 nitrogen and oxygen atoms in total. The van der Waals surface area contributed by atoms with Gasteiger partial charge in [0.15, 0.2) is 21.7 Å². The second-order valence-corrected chi connectivity index (χ2v) is 25.3. The molecule has 4 unspecified atom stereocenters. The molecule has 0 radical (unpaired) electrons. The number of fused-ring (bicyclic) bond motifs is 1. The van der Waals surface area contributed by atoms with Gasteiger partial charge in [0.25, 0.3) is 23.6 Å². The van der Waals surface area contributed by atoms with E-state index in [2.05, 4.69) is 51.5 Å². The molecule has 0 aromatic carbocycles. The van der Waals surface area contributed by atoms with Gasteiger partial charge in [-0.2, -0.15) is 0 Å². The Morgan fingerprint density at radius 1 is 0.744 bits per heavy atom. The molecular weight excluding hydrogens is 1190 g/mol. The molecule has 4 aromatic heterocycles. The van der Waals surface area contributed by atoms with Gasteiger partial charge >= 0.3 is 23.9 Å². The number of carbonyl (C=O) groups is 8. The number of thiazole rings is 4. The number of oxime groups is 2. The first-order valence-electron chi connectivity index (χ1n) is 24.4. The Balaban J connectivity index is 1.12. The first kappa shape index (κ1) is 62.1. The molecule has 6 N–H and O–H groups in total. The van der Waals surface area contributed by atoms with Crippen molar-refractivity contribution in [3.8, 4) is 0 Å². The highest BCUT2D eigenvalue weighted by Crippen LogP contribution is 2.41. The van der Waals surface area contributed by atoms with E-state index in [9.17, 15) is 38.4 Å². The molecule has 1 saturated heterocycles. The van der Waals surface area contributed by atoms with Crippen LogP contribution in [0.5, 0.6) is 0 Å². The number of nitrogens with zero attached hydrogens (tertiary/aromatic N) is 7. The van der Waals surface area contributed by atoms with Gasteiger partial charge in [0.05, 0.1) is 33.2 Å². The summed E-state index contributed by atoms with van der Waals surface area (Å²) in [6.45, 7) is 12.0. The summed E-state index contributed by atoms with van der Waals surface area (Å²) < 4.78 is 21.1. The van der Waals surface area contributed by atoms with Crippen molar-refractivity contribution >= 4 is 150 Å². The zero-order valence-corrected chi connectivity index (χ0v) is 50.5. The molecule has 4 amide bonds. The second kappa shape index (κ2) is 27.0. The van der Waals surface area contributed by atoms with Gasteiger partial charge < -0.3 is 55.6 Å². The summed E-state index contributed by atoms with van der Waals surface area (Å²) >= 11 is 7.04. The Kier molecular flexibility index (Phi) is 20.5. The van der Waals surface area contributed by atoms with Crippen molar-refractivity contribution in [1.82, 2.24) is 40.8 Å². The molecule has 4 aromatic rings. The average molecular weight is 1240 g/mol. The zero-order chi connectivity index (χ0) is 59.6. The van der Waals surface area contributed by atoms with Gasteiger partial charge in [0.2, 0.25) is 13.6 Å².